The number of carbonyl (C=O) groups is 3. The number of carbonyl (C=O) groups excluding carboxylic acids is 2. The topological polar surface area (TPSA) is 83.5 Å². The Bertz CT molecular complexity index is 442. The van der Waals surface area contributed by atoms with Gasteiger partial charge in [-0.3, -0.25) is 9.59 Å². The first kappa shape index (κ1) is 18.4. The molecule has 0 aliphatic heterocycles. The normalized spacial score (nSPS) is 23.2. The van der Waals surface area contributed by atoms with Crippen molar-refractivity contribution in [1.29, 1.82) is 0 Å². The molecule has 1 aliphatic rings. The maximum Gasteiger partial charge on any atom is 0.326 e. The summed E-state index contributed by atoms with van der Waals surface area (Å²) < 4.78 is 0. The van der Waals surface area contributed by atoms with Gasteiger partial charge in [0.05, 0.1) is 0 Å². The van der Waals surface area contributed by atoms with Crippen molar-refractivity contribution in [3.05, 3.63) is 12.2 Å². The second-order valence-electron chi connectivity index (χ2n) is 6.32. The third-order valence-corrected chi connectivity index (χ3v) is 4.23. The fourth-order valence-corrected chi connectivity index (χ4v) is 2.94. The van der Waals surface area contributed by atoms with Crippen molar-refractivity contribution in [3.63, 3.8) is 0 Å². The molecule has 0 aromatic rings. The maximum absolute atomic E-state index is 12.1. The number of nitrogens with one attached hydrogen (secondary N) is 1. The summed E-state index contributed by atoms with van der Waals surface area (Å²) in [5, 5.41) is 11.7. The molecule has 1 saturated carbocycles. The molecule has 5 nitrogen and oxygen atoms in total. The van der Waals surface area contributed by atoms with Crippen LogP contribution < -0.4 is 5.32 Å². The van der Waals surface area contributed by atoms with Gasteiger partial charge in [0.1, 0.15) is 11.8 Å². The second kappa shape index (κ2) is 8.71. The van der Waals surface area contributed by atoms with E-state index in [-0.39, 0.29) is 35.9 Å². The minimum atomic E-state index is -1.02. The quantitative estimate of drug-likeness (QED) is 0.675. The predicted octanol–water partition coefficient (Wildman–Crippen LogP) is 2.55. The van der Waals surface area contributed by atoms with Crippen LogP contribution in [0.4, 0.5) is 0 Å². The summed E-state index contributed by atoms with van der Waals surface area (Å²) in [4.78, 5) is 35.2. The van der Waals surface area contributed by atoms with E-state index in [1.54, 1.807) is 13.8 Å². The van der Waals surface area contributed by atoms with Crippen LogP contribution in [-0.2, 0) is 14.4 Å². The molecule has 1 aliphatic carbocycles. The van der Waals surface area contributed by atoms with Gasteiger partial charge in [-0.05, 0) is 31.1 Å². The van der Waals surface area contributed by atoms with Gasteiger partial charge in [0.15, 0.2) is 0 Å². The van der Waals surface area contributed by atoms with E-state index in [0.717, 1.165) is 12.8 Å². The number of aliphatic carboxylic acids is 1. The average molecular weight is 309 g/mol. The first-order valence-corrected chi connectivity index (χ1v) is 8.06. The molecule has 1 amide bonds. The minimum Gasteiger partial charge on any atom is -0.480 e. The standard InChI is InChI=1S/C17H27NO4/c1-4-5-6-7-13-12(8-9-14(13)19)10-15(20)18-16(11(2)3)17(21)22/h5-6,11-13,16H,4,7-10H2,1-3H3,(H,18,20)(H,21,22)/b6-5+/t12-,13-,16+/m1/s1. The first-order chi connectivity index (χ1) is 10.4. The van der Waals surface area contributed by atoms with Crippen molar-refractivity contribution in [3.8, 4) is 0 Å². The van der Waals surface area contributed by atoms with E-state index >= 15 is 0 Å². The summed E-state index contributed by atoms with van der Waals surface area (Å²) in [5.41, 5.74) is 0. The third-order valence-electron chi connectivity index (χ3n) is 4.23. The van der Waals surface area contributed by atoms with Gasteiger partial charge < -0.3 is 10.4 Å². The zero-order valence-corrected chi connectivity index (χ0v) is 13.7. The lowest BCUT2D eigenvalue weighted by Crippen LogP contribution is -2.45. The Hall–Kier alpha value is -1.65. The molecule has 2 N–H and O–H groups in total. The Labute approximate surface area is 132 Å². The Morgan fingerprint density at radius 3 is 2.59 bits per heavy atom. The molecule has 0 radical (unpaired) electrons. The van der Waals surface area contributed by atoms with Gasteiger partial charge in [-0.25, -0.2) is 4.79 Å². The van der Waals surface area contributed by atoms with Crippen molar-refractivity contribution < 1.29 is 19.5 Å². The number of Topliss-reactive ketones (excluding diaryl/α,β-unsaturated/α-hetero) is 1. The number of allylic oxidation sites excluding steroid dienone is 2. The highest BCUT2D eigenvalue weighted by Crippen LogP contribution is 2.34. The number of ketones is 1. The fourth-order valence-electron chi connectivity index (χ4n) is 2.94. The van der Waals surface area contributed by atoms with E-state index < -0.39 is 12.0 Å². The number of carboxylic acids is 1. The van der Waals surface area contributed by atoms with Crippen LogP contribution in [0.1, 0.15) is 52.9 Å². The van der Waals surface area contributed by atoms with Crippen molar-refractivity contribution in [2.75, 3.05) is 0 Å². The molecule has 1 rings (SSSR count). The van der Waals surface area contributed by atoms with Crippen LogP contribution in [-0.4, -0.2) is 28.8 Å². The van der Waals surface area contributed by atoms with E-state index in [0.29, 0.717) is 12.8 Å². The average Bonchev–Trinajstić information content (AvgIpc) is 2.77. The van der Waals surface area contributed by atoms with Gasteiger partial charge in [0, 0.05) is 18.8 Å². The number of hydrogen-bond donors (Lipinski definition) is 2. The van der Waals surface area contributed by atoms with E-state index in [1.807, 2.05) is 19.1 Å². The molecule has 124 valence electrons. The minimum absolute atomic E-state index is 0.0237. The zero-order valence-electron chi connectivity index (χ0n) is 13.7. The van der Waals surface area contributed by atoms with Gasteiger partial charge in [0.25, 0.3) is 0 Å². The Morgan fingerprint density at radius 2 is 2.05 bits per heavy atom. The molecule has 3 atom stereocenters. The summed E-state index contributed by atoms with van der Waals surface area (Å²) in [6.45, 7) is 5.56. The monoisotopic (exact) mass is 309 g/mol. The van der Waals surface area contributed by atoms with Crippen LogP contribution in [0.15, 0.2) is 12.2 Å². The molecule has 0 bridgehead atoms. The SMILES string of the molecule is CC/C=C/C[C@H]1C(=O)CC[C@@H]1CC(=O)N[C@H](C(=O)O)C(C)C. The third kappa shape index (κ3) is 5.28. The molecule has 0 aromatic carbocycles. The molecule has 0 aromatic heterocycles. The van der Waals surface area contributed by atoms with Crippen LogP contribution in [0.25, 0.3) is 0 Å². The lowest BCUT2D eigenvalue weighted by molar-refractivity contribution is -0.143. The molecule has 22 heavy (non-hydrogen) atoms. The summed E-state index contributed by atoms with van der Waals surface area (Å²) in [7, 11) is 0. The second-order valence-corrected chi connectivity index (χ2v) is 6.32. The van der Waals surface area contributed by atoms with Crippen molar-refractivity contribution in [2.24, 2.45) is 17.8 Å². The van der Waals surface area contributed by atoms with Crippen LogP contribution >= 0.6 is 0 Å². The Morgan fingerprint density at radius 1 is 1.36 bits per heavy atom. The molecule has 0 spiro atoms. The molecule has 0 saturated heterocycles. The lowest BCUT2D eigenvalue weighted by atomic mass is 9.89. The van der Waals surface area contributed by atoms with Crippen molar-refractivity contribution in [2.45, 2.75) is 58.9 Å². The highest BCUT2D eigenvalue weighted by atomic mass is 16.4. The molecule has 0 unspecified atom stereocenters. The van der Waals surface area contributed by atoms with Gasteiger partial charge >= 0.3 is 5.97 Å². The fraction of sp³-hybridized carbons (Fsp3) is 0.706. The molecular formula is C17H27NO4. The van der Waals surface area contributed by atoms with Gasteiger partial charge in [-0.2, -0.15) is 0 Å². The molecule has 1 fully saturated rings. The van der Waals surface area contributed by atoms with E-state index in [4.69, 9.17) is 5.11 Å². The van der Waals surface area contributed by atoms with Crippen LogP contribution in [0.3, 0.4) is 0 Å². The van der Waals surface area contributed by atoms with Crippen molar-refractivity contribution >= 4 is 17.7 Å². The summed E-state index contributed by atoms with van der Waals surface area (Å²) in [6, 6.07) is -0.872. The molecule has 0 heterocycles. The number of hydrogen-bond acceptors (Lipinski definition) is 3. The smallest absolute Gasteiger partial charge is 0.326 e. The predicted molar refractivity (Wildman–Crippen MR) is 84.3 cm³/mol. The number of amides is 1. The van der Waals surface area contributed by atoms with Gasteiger partial charge in [-0.15, -0.1) is 0 Å². The first-order valence-electron chi connectivity index (χ1n) is 8.06. The van der Waals surface area contributed by atoms with Gasteiger partial charge in [-0.1, -0.05) is 32.9 Å². The Kier molecular flexibility index (Phi) is 7.28. The summed E-state index contributed by atoms with van der Waals surface area (Å²) in [6.07, 6.45) is 7.12. The van der Waals surface area contributed by atoms with E-state index in [9.17, 15) is 14.4 Å². The number of rotatable bonds is 8. The maximum atomic E-state index is 12.1. The lowest BCUT2D eigenvalue weighted by Gasteiger charge is -2.21. The highest BCUT2D eigenvalue weighted by Gasteiger charge is 2.35. The van der Waals surface area contributed by atoms with Gasteiger partial charge in [0.2, 0.25) is 5.91 Å². The van der Waals surface area contributed by atoms with Crippen molar-refractivity contribution in [1.82, 2.24) is 5.32 Å². The largest absolute Gasteiger partial charge is 0.480 e. The molecular weight excluding hydrogens is 282 g/mol. The number of carboxylic acid groups (broad SMARTS) is 1. The van der Waals surface area contributed by atoms with E-state index in [1.165, 1.54) is 0 Å². The summed E-state index contributed by atoms with van der Waals surface area (Å²) >= 11 is 0. The van der Waals surface area contributed by atoms with Crippen LogP contribution in [0.2, 0.25) is 0 Å². The Balaban J connectivity index is 2.60. The van der Waals surface area contributed by atoms with E-state index in [2.05, 4.69) is 5.32 Å². The zero-order chi connectivity index (χ0) is 16.7. The highest BCUT2D eigenvalue weighted by molar-refractivity contribution is 5.87. The van der Waals surface area contributed by atoms with Crippen LogP contribution in [0.5, 0.6) is 0 Å². The summed E-state index contributed by atoms with van der Waals surface area (Å²) in [5.74, 6) is -1.32. The molecule has 5 heteroatoms. The van der Waals surface area contributed by atoms with Crippen LogP contribution in [0, 0.1) is 17.8 Å².